The second-order valence-corrected chi connectivity index (χ2v) is 6.66. The fourth-order valence-electron chi connectivity index (χ4n) is 3.20. The van der Waals surface area contributed by atoms with Crippen LogP contribution in [0, 0.1) is 0 Å². The van der Waals surface area contributed by atoms with Crippen molar-refractivity contribution in [3.8, 4) is 0 Å². The largest absolute Gasteiger partial charge is 0.310 e. The minimum absolute atomic E-state index is 0.0611. The molecule has 0 saturated heterocycles. The van der Waals surface area contributed by atoms with E-state index in [4.69, 9.17) is 0 Å². The van der Waals surface area contributed by atoms with Crippen molar-refractivity contribution < 1.29 is 4.79 Å². The minimum atomic E-state index is -0.0611. The topological polar surface area (TPSA) is 33.2 Å². The van der Waals surface area contributed by atoms with Crippen LogP contribution in [-0.2, 0) is 17.6 Å². The summed E-state index contributed by atoms with van der Waals surface area (Å²) in [4.78, 5) is 19.1. The molecule has 2 aliphatic heterocycles. The number of benzene rings is 1. The highest BCUT2D eigenvalue weighted by molar-refractivity contribution is 8.00. The molecule has 3 nitrogen and oxygen atoms in total. The second kappa shape index (κ2) is 5.19. The lowest BCUT2D eigenvalue weighted by Crippen LogP contribution is -2.34. The highest BCUT2D eigenvalue weighted by atomic mass is 32.2. The van der Waals surface area contributed by atoms with Gasteiger partial charge < -0.3 is 4.90 Å². The van der Waals surface area contributed by atoms with Crippen LogP contribution in [0.15, 0.2) is 42.7 Å². The molecule has 0 radical (unpaired) electrons. The normalized spacial score (nSPS) is 20.0. The molecule has 106 valence electrons. The number of thioether (sulfide) groups is 1. The van der Waals surface area contributed by atoms with E-state index in [1.165, 1.54) is 16.7 Å². The van der Waals surface area contributed by atoms with Crippen molar-refractivity contribution in [1.29, 1.82) is 0 Å². The number of hydrogen-bond donors (Lipinski definition) is 0. The molecule has 1 aromatic carbocycles. The third-order valence-corrected chi connectivity index (χ3v) is 5.49. The number of anilines is 1. The first-order chi connectivity index (χ1) is 10.3. The molecule has 0 spiro atoms. The number of hydrogen-bond acceptors (Lipinski definition) is 3. The lowest BCUT2D eigenvalue weighted by molar-refractivity contribution is -0.118. The Bertz CT molecular complexity index is 701. The standard InChI is InChI=1S/C17H16N2OS/c20-17(19-9-6-13-11-18-8-5-15(13)19)16-14-4-2-1-3-12(14)7-10-21-16/h1-5,8,11,16H,6-7,9-10H2. The maximum absolute atomic E-state index is 13.0. The van der Waals surface area contributed by atoms with Gasteiger partial charge in [0.05, 0.1) is 0 Å². The van der Waals surface area contributed by atoms with Gasteiger partial charge in [-0.2, -0.15) is 0 Å². The Morgan fingerprint density at radius 2 is 2.10 bits per heavy atom. The number of nitrogens with zero attached hydrogens (tertiary/aromatic N) is 2. The second-order valence-electron chi connectivity index (χ2n) is 5.44. The molecule has 2 aliphatic rings. The molecular weight excluding hydrogens is 280 g/mol. The smallest absolute Gasteiger partial charge is 0.244 e. The molecule has 3 heterocycles. The number of amides is 1. The van der Waals surface area contributed by atoms with Gasteiger partial charge >= 0.3 is 0 Å². The van der Waals surface area contributed by atoms with Gasteiger partial charge in [0.1, 0.15) is 5.25 Å². The van der Waals surface area contributed by atoms with E-state index in [2.05, 4.69) is 23.2 Å². The Morgan fingerprint density at radius 3 is 3.05 bits per heavy atom. The molecule has 1 unspecified atom stereocenters. The minimum Gasteiger partial charge on any atom is -0.310 e. The SMILES string of the molecule is O=C(C1SCCc2ccccc21)N1CCc2cnccc21. The molecule has 2 aromatic rings. The summed E-state index contributed by atoms with van der Waals surface area (Å²) in [6.07, 6.45) is 5.62. The van der Waals surface area contributed by atoms with Gasteiger partial charge in [0.25, 0.3) is 0 Å². The molecular formula is C17H16N2OS. The summed E-state index contributed by atoms with van der Waals surface area (Å²) in [5.41, 5.74) is 4.74. The van der Waals surface area contributed by atoms with Crippen LogP contribution in [0.25, 0.3) is 0 Å². The van der Waals surface area contributed by atoms with Crippen molar-refractivity contribution in [2.75, 3.05) is 17.2 Å². The molecule has 4 heteroatoms. The van der Waals surface area contributed by atoms with Gasteiger partial charge in [-0.1, -0.05) is 24.3 Å². The first-order valence-electron chi connectivity index (χ1n) is 7.28. The van der Waals surface area contributed by atoms with Gasteiger partial charge in [0.2, 0.25) is 5.91 Å². The van der Waals surface area contributed by atoms with Crippen LogP contribution in [0.2, 0.25) is 0 Å². The van der Waals surface area contributed by atoms with Crippen LogP contribution in [0.1, 0.15) is 21.9 Å². The number of fused-ring (bicyclic) bond motifs is 2. The Morgan fingerprint density at radius 1 is 1.19 bits per heavy atom. The van der Waals surface area contributed by atoms with Gasteiger partial charge in [-0.05, 0) is 41.4 Å². The number of pyridine rings is 1. The van der Waals surface area contributed by atoms with Crippen molar-refractivity contribution in [3.05, 3.63) is 59.4 Å². The summed E-state index contributed by atoms with van der Waals surface area (Å²) in [7, 11) is 0. The predicted molar refractivity (Wildman–Crippen MR) is 85.6 cm³/mol. The van der Waals surface area contributed by atoms with Gasteiger partial charge in [0, 0.05) is 24.6 Å². The van der Waals surface area contributed by atoms with Gasteiger partial charge in [-0.25, -0.2) is 0 Å². The summed E-state index contributed by atoms with van der Waals surface area (Å²) in [6.45, 7) is 0.777. The summed E-state index contributed by atoms with van der Waals surface area (Å²) in [6, 6.07) is 10.3. The molecule has 0 bridgehead atoms. The van der Waals surface area contributed by atoms with Gasteiger partial charge in [0.15, 0.2) is 0 Å². The first-order valence-corrected chi connectivity index (χ1v) is 8.33. The van der Waals surface area contributed by atoms with E-state index in [0.29, 0.717) is 0 Å². The Hall–Kier alpha value is -1.81. The summed E-state index contributed by atoms with van der Waals surface area (Å²) < 4.78 is 0. The third kappa shape index (κ3) is 2.14. The van der Waals surface area contributed by atoms with E-state index in [-0.39, 0.29) is 11.2 Å². The van der Waals surface area contributed by atoms with Crippen LogP contribution in [0.3, 0.4) is 0 Å². The van der Waals surface area contributed by atoms with Gasteiger partial charge in [-0.15, -0.1) is 11.8 Å². The average Bonchev–Trinajstić information content (AvgIpc) is 2.98. The Labute approximate surface area is 128 Å². The zero-order chi connectivity index (χ0) is 14.2. The molecule has 1 atom stereocenters. The number of aromatic nitrogens is 1. The molecule has 0 saturated carbocycles. The van der Waals surface area contributed by atoms with Crippen molar-refractivity contribution in [2.24, 2.45) is 0 Å². The number of carbonyl (C=O) groups is 1. The lowest BCUT2D eigenvalue weighted by atomic mass is 10.0. The predicted octanol–water partition coefficient (Wildman–Crippen LogP) is 3.00. The van der Waals surface area contributed by atoms with E-state index in [0.717, 1.165) is 30.8 Å². The average molecular weight is 296 g/mol. The molecule has 0 fully saturated rings. The number of rotatable bonds is 1. The maximum Gasteiger partial charge on any atom is 0.244 e. The summed E-state index contributed by atoms with van der Waals surface area (Å²) in [5, 5.41) is -0.0611. The Balaban J connectivity index is 1.68. The zero-order valence-electron chi connectivity index (χ0n) is 11.7. The van der Waals surface area contributed by atoms with Crippen LogP contribution >= 0.6 is 11.8 Å². The first kappa shape index (κ1) is 12.9. The van der Waals surface area contributed by atoms with Crippen molar-refractivity contribution in [1.82, 2.24) is 4.98 Å². The fraction of sp³-hybridized carbons (Fsp3) is 0.294. The summed E-state index contributed by atoms with van der Waals surface area (Å²) in [5.74, 6) is 1.24. The van der Waals surface area contributed by atoms with E-state index in [1.807, 2.05) is 23.2 Å². The molecule has 1 amide bonds. The van der Waals surface area contributed by atoms with Crippen LogP contribution < -0.4 is 4.90 Å². The molecule has 0 aliphatic carbocycles. The number of carbonyl (C=O) groups excluding carboxylic acids is 1. The quantitative estimate of drug-likeness (QED) is 0.811. The van der Waals surface area contributed by atoms with Crippen molar-refractivity contribution in [2.45, 2.75) is 18.1 Å². The molecule has 1 aromatic heterocycles. The van der Waals surface area contributed by atoms with Gasteiger partial charge in [-0.3, -0.25) is 9.78 Å². The highest BCUT2D eigenvalue weighted by Crippen LogP contribution is 2.40. The van der Waals surface area contributed by atoms with Crippen LogP contribution in [-0.4, -0.2) is 23.2 Å². The Kier molecular flexibility index (Phi) is 3.19. The van der Waals surface area contributed by atoms with E-state index in [9.17, 15) is 4.79 Å². The summed E-state index contributed by atoms with van der Waals surface area (Å²) >= 11 is 1.77. The molecule has 0 N–H and O–H groups in total. The zero-order valence-corrected chi connectivity index (χ0v) is 12.5. The van der Waals surface area contributed by atoms with Crippen LogP contribution in [0.4, 0.5) is 5.69 Å². The number of aryl methyl sites for hydroxylation is 1. The third-order valence-electron chi connectivity index (χ3n) is 4.26. The van der Waals surface area contributed by atoms with Crippen molar-refractivity contribution >= 4 is 23.4 Å². The van der Waals surface area contributed by atoms with Crippen LogP contribution in [0.5, 0.6) is 0 Å². The molecule has 21 heavy (non-hydrogen) atoms. The fourth-order valence-corrected chi connectivity index (χ4v) is 4.45. The maximum atomic E-state index is 13.0. The van der Waals surface area contributed by atoms with Crippen molar-refractivity contribution in [3.63, 3.8) is 0 Å². The molecule has 4 rings (SSSR count). The van der Waals surface area contributed by atoms with E-state index in [1.54, 1.807) is 18.0 Å². The van der Waals surface area contributed by atoms with E-state index >= 15 is 0 Å². The highest BCUT2D eigenvalue weighted by Gasteiger charge is 2.33. The lowest BCUT2D eigenvalue weighted by Gasteiger charge is -2.28. The monoisotopic (exact) mass is 296 g/mol. The van der Waals surface area contributed by atoms with E-state index < -0.39 is 0 Å².